The summed E-state index contributed by atoms with van der Waals surface area (Å²) < 4.78 is 5.91. The summed E-state index contributed by atoms with van der Waals surface area (Å²) in [7, 11) is 0. The van der Waals surface area contributed by atoms with Crippen molar-refractivity contribution in [3.8, 4) is 0 Å². The minimum atomic E-state index is -0.796. The van der Waals surface area contributed by atoms with Gasteiger partial charge in [-0.15, -0.1) is 0 Å². The monoisotopic (exact) mass is 842 g/mol. The molecule has 3 N–H and O–H groups in total. The zero-order valence-corrected chi connectivity index (χ0v) is 39.8. The van der Waals surface area contributed by atoms with Crippen LogP contribution in [0.3, 0.4) is 0 Å². The van der Waals surface area contributed by atoms with E-state index in [-0.39, 0.29) is 24.9 Å². The van der Waals surface area contributed by atoms with E-state index in [4.69, 9.17) is 4.74 Å². The molecular weight excluding hydrogens is 743 g/mol. The number of unbranched alkanes of at least 4 members (excludes halogenated alkanes) is 26. The summed E-state index contributed by atoms with van der Waals surface area (Å²) in [6.07, 6.45) is 57.5. The molecule has 0 aromatic rings. The van der Waals surface area contributed by atoms with Crippen molar-refractivity contribution in [2.24, 2.45) is 0 Å². The molecule has 0 radical (unpaired) electrons. The van der Waals surface area contributed by atoms with Crippen LogP contribution in [0.4, 0.5) is 0 Å². The Bertz CT molecular complexity index is 1040. The number of ether oxygens (including phenoxy) is 1. The Morgan fingerprint density at radius 3 is 1.40 bits per heavy atom. The first-order valence-corrected chi connectivity index (χ1v) is 25.9. The third-order valence-corrected chi connectivity index (χ3v) is 11.6. The zero-order chi connectivity index (χ0) is 43.8. The van der Waals surface area contributed by atoms with Gasteiger partial charge in [-0.25, -0.2) is 0 Å². The predicted molar refractivity (Wildman–Crippen MR) is 259 cm³/mol. The molecule has 3 atom stereocenters. The number of nitrogens with one attached hydrogen (secondary N) is 1. The highest BCUT2D eigenvalue weighted by Gasteiger charge is 2.24. The number of carbonyl (C=O) groups is 2. The average Bonchev–Trinajstić information content (AvgIpc) is 3.24. The molecule has 6 nitrogen and oxygen atoms in total. The largest absolute Gasteiger partial charge is 0.462 e. The fourth-order valence-corrected chi connectivity index (χ4v) is 7.73. The van der Waals surface area contributed by atoms with Gasteiger partial charge < -0.3 is 20.3 Å². The molecule has 0 fully saturated rings. The maximum absolute atomic E-state index is 13.2. The van der Waals surface area contributed by atoms with E-state index in [1.165, 1.54) is 135 Å². The molecule has 0 spiro atoms. The van der Waals surface area contributed by atoms with Gasteiger partial charge in [0.15, 0.2) is 0 Å². The SMILES string of the molecule is CC/C=C/C/C=C/C/C=C/CCCCC(CC(=O)NC(CO)C(O)CCCCCCCCCCCC)OC(=O)CCCCCCCCCCC/C=C/CCCCCCCC. The third-order valence-electron chi connectivity index (χ3n) is 11.6. The second kappa shape index (κ2) is 47.9. The molecule has 0 aliphatic rings. The van der Waals surface area contributed by atoms with Crippen molar-refractivity contribution >= 4 is 11.9 Å². The van der Waals surface area contributed by atoms with E-state index in [1.54, 1.807) is 0 Å². The number of hydrogen-bond donors (Lipinski definition) is 3. The highest BCUT2D eigenvalue weighted by atomic mass is 16.5. The molecule has 3 unspecified atom stereocenters. The van der Waals surface area contributed by atoms with Crippen LogP contribution in [0.25, 0.3) is 0 Å². The van der Waals surface area contributed by atoms with Crippen molar-refractivity contribution in [2.75, 3.05) is 6.61 Å². The Balaban J connectivity index is 4.53. The molecule has 6 heteroatoms. The third kappa shape index (κ3) is 42.5. The van der Waals surface area contributed by atoms with Crippen molar-refractivity contribution in [2.45, 2.75) is 277 Å². The highest BCUT2D eigenvalue weighted by molar-refractivity contribution is 5.77. The topological polar surface area (TPSA) is 95.9 Å². The average molecular weight is 842 g/mol. The summed E-state index contributed by atoms with van der Waals surface area (Å²) in [4.78, 5) is 26.1. The first-order valence-electron chi connectivity index (χ1n) is 25.9. The second-order valence-corrected chi connectivity index (χ2v) is 17.5. The number of hydrogen-bond acceptors (Lipinski definition) is 5. The Morgan fingerprint density at radius 2 is 0.900 bits per heavy atom. The van der Waals surface area contributed by atoms with E-state index in [1.807, 2.05) is 0 Å². The van der Waals surface area contributed by atoms with Crippen LogP contribution in [0, 0.1) is 0 Å². The lowest BCUT2D eigenvalue weighted by Gasteiger charge is -2.24. The molecular formula is C54H99NO5. The summed E-state index contributed by atoms with van der Waals surface area (Å²) in [5, 5.41) is 23.7. The Kier molecular flexibility index (Phi) is 46.1. The Labute approximate surface area is 372 Å². The van der Waals surface area contributed by atoms with Gasteiger partial charge in [0, 0.05) is 6.42 Å². The number of amides is 1. The number of aliphatic hydroxyl groups is 2. The maximum Gasteiger partial charge on any atom is 0.306 e. The van der Waals surface area contributed by atoms with Gasteiger partial charge in [0.2, 0.25) is 5.91 Å². The van der Waals surface area contributed by atoms with Crippen molar-refractivity contribution in [1.82, 2.24) is 5.32 Å². The molecule has 0 saturated carbocycles. The Hall–Kier alpha value is -2.18. The van der Waals surface area contributed by atoms with Crippen molar-refractivity contribution < 1.29 is 24.5 Å². The van der Waals surface area contributed by atoms with E-state index in [0.29, 0.717) is 19.3 Å². The fourth-order valence-electron chi connectivity index (χ4n) is 7.73. The first-order chi connectivity index (χ1) is 29.5. The van der Waals surface area contributed by atoms with Gasteiger partial charge in [-0.2, -0.15) is 0 Å². The molecule has 0 aliphatic carbocycles. The number of rotatable bonds is 46. The molecule has 0 aliphatic heterocycles. The van der Waals surface area contributed by atoms with Gasteiger partial charge in [-0.05, 0) is 83.5 Å². The van der Waals surface area contributed by atoms with Crippen LogP contribution in [-0.2, 0) is 14.3 Å². The lowest BCUT2D eigenvalue weighted by Crippen LogP contribution is -2.46. The molecule has 0 aromatic heterocycles. The van der Waals surface area contributed by atoms with Crippen LogP contribution in [-0.4, -0.2) is 46.9 Å². The minimum absolute atomic E-state index is 0.0514. The second-order valence-electron chi connectivity index (χ2n) is 17.5. The lowest BCUT2D eigenvalue weighted by molar-refractivity contribution is -0.151. The molecule has 0 aromatic carbocycles. The van der Waals surface area contributed by atoms with Crippen LogP contribution >= 0.6 is 0 Å². The van der Waals surface area contributed by atoms with Crippen molar-refractivity contribution in [3.05, 3.63) is 48.6 Å². The fraction of sp³-hybridized carbons (Fsp3) is 0.815. The standard InChI is InChI=1S/C54H99NO5/c1-4-7-10-13-16-19-22-24-25-26-27-28-29-30-32-35-38-41-44-47-54(59)60-50(45-42-39-36-33-31-23-20-17-14-11-8-5-2)48-53(58)55-51(49-56)52(57)46-43-40-37-34-21-18-15-12-9-6-3/h8,11,17,20,24-25,31,33,50-52,56-57H,4-7,9-10,12-16,18-19,21-23,26-30,32,34-49H2,1-3H3,(H,55,58)/b11-8+,20-17+,25-24+,33-31+. The van der Waals surface area contributed by atoms with Gasteiger partial charge in [-0.3, -0.25) is 9.59 Å². The van der Waals surface area contributed by atoms with Crippen LogP contribution in [0.5, 0.6) is 0 Å². The molecule has 350 valence electrons. The molecule has 60 heavy (non-hydrogen) atoms. The number of carbonyl (C=O) groups excluding carboxylic acids is 2. The van der Waals surface area contributed by atoms with Gasteiger partial charge >= 0.3 is 5.97 Å². The van der Waals surface area contributed by atoms with Gasteiger partial charge in [0.1, 0.15) is 6.10 Å². The quantitative estimate of drug-likeness (QED) is 0.0322. The predicted octanol–water partition coefficient (Wildman–Crippen LogP) is 15.5. The van der Waals surface area contributed by atoms with E-state index < -0.39 is 18.2 Å². The number of esters is 1. The van der Waals surface area contributed by atoms with Crippen LogP contribution in [0.2, 0.25) is 0 Å². The van der Waals surface area contributed by atoms with Crippen LogP contribution in [0.15, 0.2) is 48.6 Å². The van der Waals surface area contributed by atoms with Gasteiger partial charge in [-0.1, -0.05) is 211 Å². The maximum atomic E-state index is 13.2. The smallest absolute Gasteiger partial charge is 0.306 e. The zero-order valence-electron chi connectivity index (χ0n) is 39.8. The minimum Gasteiger partial charge on any atom is -0.462 e. The molecule has 0 bridgehead atoms. The van der Waals surface area contributed by atoms with Crippen LogP contribution in [0.1, 0.15) is 258 Å². The normalized spacial score (nSPS) is 13.6. The molecule has 0 rings (SSSR count). The summed E-state index contributed by atoms with van der Waals surface area (Å²) in [5.41, 5.74) is 0. The van der Waals surface area contributed by atoms with Crippen molar-refractivity contribution in [3.63, 3.8) is 0 Å². The van der Waals surface area contributed by atoms with Crippen molar-refractivity contribution in [1.29, 1.82) is 0 Å². The van der Waals surface area contributed by atoms with Gasteiger partial charge in [0.05, 0.1) is 25.2 Å². The van der Waals surface area contributed by atoms with E-state index in [0.717, 1.165) is 77.0 Å². The van der Waals surface area contributed by atoms with E-state index >= 15 is 0 Å². The Morgan fingerprint density at radius 1 is 0.500 bits per heavy atom. The summed E-state index contributed by atoms with van der Waals surface area (Å²) in [5.74, 6) is -0.511. The molecule has 0 heterocycles. The molecule has 0 saturated heterocycles. The van der Waals surface area contributed by atoms with Gasteiger partial charge in [0.25, 0.3) is 0 Å². The summed E-state index contributed by atoms with van der Waals surface area (Å²) in [6, 6.07) is -0.712. The molecule has 1 amide bonds. The summed E-state index contributed by atoms with van der Waals surface area (Å²) >= 11 is 0. The van der Waals surface area contributed by atoms with E-state index in [9.17, 15) is 19.8 Å². The lowest BCUT2D eigenvalue weighted by atomic mass is 10.0. The number of allylic oxidation sites excluding steroid dienone is 8. The van der Waals surface area contributed by atoms with Crippen LogP contribution < -0.4 is 5.32 Å². The first kappa shape index (κ1) is 57.8. The summed E-state index contributed by atoms with van der Waals surface area (Å²) in [6.45, 7) is 6.35. The van der Waals surface area contributed by atoms with E-state index in [2.05, 4.69) is 74.7 Å². The highest BCUT2D eigenvalue weighted by Crippen LogP contribution is 2.17. The number of aliphatic hydroxyl groups excluding tert-OH is 2.